The summed E-state index contributed by atoms with van der Waals surface area (Å²) in [5.74, 6) is 0. The van der Waals surface area contributed by atoms with Gasteiger partial charge < -0.3 is 4.84 Å². The average molecular weight is 270 g/mol. The van der Waals surface area contributed by atoms with E-state index in [4.69, 9.17) is 4.84 Å². The molecular formula is C10H14N4O3S. The Hall–Kier alpha value is -1.67. The maximum absolute atomic E-state index is 12.0. The van der Waals surface area contributed by atoms with Crippen LogP contribution in [-0.4, -0.2) is 48.6 Å². The zero-order chi connectivity index (χ0) is 13.3. The van der Waals surface area contributed by atoms with E-state index in [2.05, 4.69) is 10.3 Å². The van der Waals surface area contributed by atoms with Crippen LogP contribution in [-0.2, 0) is 10.0 Å². The van der Waals surface area contributed by atoms with Crippen molar-refractivity contribution in [3.8, 4) is 0 Å². The molecule has 0 N–H and O–H groups in total. The minimum absolute atomic E-state index is 0.184. The predicted molar refractivity (Wildman–Crippen MR) is 65.5 cm³/mol. The molecule has 0 saturated carbocycles. The van der Waals surface area contributed by atoms with Crippen LogP contribution in [0.2, 0.25) is 0 Å². The minimum atomic E-state index is -3.47. The number of benzene rings is 1. The second kappa shape index (κ2) is 4.54. The second-order valence-corrected chi connectivity index (χ2v) is 5.97. The summed E-state index contributed by atoms with van der Waals surface area (Å²) in [5.41, 5.74) is 1.11. The molecule has 0 amide bonds. The maximum Gasteiger partial charge on any atom is 0.242 e. The van der Waals surface area contributed by atoms with E-state index in [-0.39, 0.29) is 4.90 Å². The highest BCUT2D eigenvalue weighted by Crippen LogP contribution is 2.18. The molecule has 0 radical (unpaired) electrons. The highest BCUT2D eigenvalue weighted by molar-refractivity contribution is 7.89. The normalized spacial score (nSPS) is 12.2. The van der Waals surface area contributed by atoms with E-state index in [0.717, 1.165) is 4.31 Å². The van der Waals surface area contributed by atoms with Crippen molar-refractivity contribution >= 4 is 21.1 Å². The number of nitrogens with zero attached hydrogens (tertiary/aromatic N) is 4. The van der Waals surface area contributed by atoms with Crippen molar-refractivity contribution in [1.82, 2.24) is 19.5 Å². The zero-order valence-corrected chi connectivity index (χ0v) is 11.2. The van der Waals surface area contributed by atoms with Gasteiger partial charge in [-0.3, -0.25) is 0 Å². The first-order chi connectivity index (χ1) is 8.46. The smallest absolute Gasteiger partial charge is 0.242 e. The first kappa shape index (κ1) is 12.8. The van der Waals surface area contributed by atoms with Crippen molar-refractivity contribution in [3.05, 3.63) is 18.2 Å². The Morgan fingerprint density at radius 1 is 1.39 bits per heavy atom. The summed E-state index contributed by atoms with van der Waals surface area (Å²) < 4.78 is 25.2. The lowest BCUT2D eigenvalue weighted by molar-refractivity contribution is 0.0979. The van der Waals surface area contributed by atoms with Crippen molar-refractivity contribution in [2.45, 2.75) is 11.8 Å². The average Bonchev–Trinajstić information content (AvgIpc) is 2.72. The number of hydrogen-bond acceptors (Lipinski definition) is 5. The van der Waals surface area contributed by atoms with Gasteiger partial charge in [-0.25, -0.2) is 12.7 Å². The topological polar surface area (TPSA) is 77.3 Å². The largest absolute Gasteiger partial charge is 0.395 e. The number of hydrogen-bond donors (Lipinski definition) is 0. The van der Waals surface area contributed by atoms with Crippen LogP contribution < -0.4 is 4.84 Å². The first-order valence-corrected chi connectivity index (χ1v) is 6.82. The molecule has 0 aliphatic heterocycles. The lowest BCUT2D eigenvalue weighted by Gasteiger charge is -2.11. The number of sulfonamides is 1. The van der Waals surface area contributed by atoms with Gasteiger partial charge in [-0.15, -0.1) is 5.10 Å². The van der Waals surface area contributed by atoms with Gasteiger partial charge in [-0.05, 0) is 30.3 Å². The molecule has 1 aromatic heterocycles. The summed E-state index contributed by atoms with van der Waals surface area (Å²) >= 11 is 0. The molecule has 0 atom stereocenters. The summed E-state index contributed by atoms with van der Waals surface area (Å²) in [5, 5.41) is 7.67. The Kier molecular flexibility index (Phi) is 3.22. The summed E-state index contributed by atoms with van der Waals surface area (Å²) in [6, 6.07) is 4.61. The van der Waals surface area contributed by atoms with Gasteiger partial charge in [0.1, 0.15) is 17.6 Å². The van der Waals surface area contributed by atoms with Gasteiger partial charge in [0.05, 0.1) is 4.90 Å². The molecule has 0 aliphatic carbocycles. The van der Waals surface area contributed by atoms with E-state index in [1.807, 2.05) is 6.92 Å². The molecule has 0 saturated heterocycles. The molecule has 0 bridgehead atoms. The van der Waals surface area contributed by atoms with E-state index >= 15 is 0 Å². The van der Waals surface area contributed by atoms with Gasteiger partial charge in [0.2, 0.25) is 10.0 Å². The third-order valence-electron chi connectivity index (χ3n) is 2.42. The molecular weight excluding hydrogens is 256 g/mol. The predicted octanol–water partition coefficient (Wildman–Crippen LogP) is 0.130. The molecule has 1 aromatic carbocycles. The highest BCUT2D eigenvalue weighted by Gasteiger charge is 2.19. The second-order valence-electron chi connectivity index (χ2n) is 3.82. The Bertz CT molecular complexity index is 663. The van der Waals surface area contributed by atoms with Crippen LogP contribution in [0.15, 0.2) is 23.1 Å². The number of rotatable bonds is 4. The molecule has 0 spiro atoms. The fraction of sp³-hybridized carbons (Fsp3) is 0.400. The van der Waals surface area contributed by atoms with Crippen molar-refractivity contribution in [3.63, 3.8) is 0 Å². The fourth-order valence-electron chi connectivity index (χ4n) is 1.47. The summed E-state index contributed by atoms with van der Waals surface area (Å²) in [4.78, 5) is 6.63. The highest BCUT2D eigenvalue weighted by atomic mass is 32.2. The molecule has 2 aromatic rings. The molecule has 0 fully saturated rings. The standard InChI is InChI=1S/C10H14N4O3S/c1-4-17-14-10-7-8(18(15,16)13(2)3)5-6-9(10)11-12-14/h5-7H,4H2,1-3H3. The van der Waals surface area contributed by atoms with Crippen LogP contribution in [0.25, 0.3) is 11.0 Å². The number of aromatic nitrogens is 3. The van der Waals surface area contributed by atoms with Gasteiger partial charge in [-0.1, -0.05) is 4.85 Å². The van der Waals surface area contributed by atoms with Crippen molar-refractivity contribution in [1.29, 1.82) is 0 Å². The Labute approximate surface area is 105 Å². The monoisotopic (exact) mass is 270 g/mol. The summed E-state index contributed by atoms with van der Waals surface area (Å²) in [6.07, 6.45) is 0. The Balaban J connectivity index is 2.59. The van der Waals surface area contributed by atoms with Gasteiger partial charge in [0, 0.05) is 14.1 Å². The Morgan fingerprint density at radius 3 is 2.72 bits per heavy atom. The zero-order valence-electron chi connectivity index (χ0n) is 10.4. The molecule has 8 heteroatoms. The maximum atomic E-state index is 12.0. The Morgan fingerprint density at radius 2 is 2.11 bits per heavy atom. The SMILES string of the molecule is CCOn1nnc2ccc(S(=O)(=O)N(C)C)cc21. The third-order valence-corrected chi connectivity index (χ3v) is 4.23. The van der Waals surface area contributed by atoms with Crippen LogP contribution in [0, 0.1) is 0 Å². The van der Waals surface area contributed by atoms with Crippen LogP contribution in [0.5, 0.6) is 0 Å². The summed E-state index contributed by atoms with van der Waals surface area (Å²) in [7, 11) is -0.502. The van der Waals surface area contributed by atoms with Crippen molar-refractivity contribution < 1.29 is 13.3 Å². The lowest BCUT2D eigenvalue weighted by atomic mass is 10.3. The molecule has 98 valence electrons. The fourth-order valence-corrected chi connectivity index (χ4v) is 2.39. The third kappa shape index (κ3) is 2.04. The van der Waals surface area contributed by atoms with Gasteiger partial charge in [0.15, 0.2) is 0 Å². The van der Waals surface area contributed by atoms with E-state index < -0.39 is 10.0 Å². The summed E-state index contributed by atoms with van der Waals surface area (Å²) in [6.45, 7) is 2.23. The number of fused-ring (bicyclic) bond motifs is 1. The van der Waals surface area contributed by atoms with Gasteiger partial charge in [-0.2, -0.15) is 0 Å². The van der Waals surface area contributed by atoms with E-state index in [9.17, 15) is 8.42 Å². The molecule has 0 unspecified atom stereocenters. The van der Waals surface area contributed by atoms with Crippen LogP contribution in [0.4, 0.5) is 0 Å². The van der Waals surface area contributed by atoms with E-state index in [0.29, 0.717) is 17.6 Å². The first-order valence-electron chi connectivity index (χ1n) is 5.38. The van der Waals surface area contributed by atoms with Crippen LogP contribution in [0.3, 0.4) is 0 Å². The van der Waals surface area contributed by atoms with E-state index in [1.54, 1.807) is 6.07 Å². The van der Waals surface area contributed by atoms with Crippen molar-refractivity contribution in [2.75, 3.05) is 20.7 Å². The molecule has 0 aliphatic rings. The van der Waals surface area contributed by atoms with Gasteiger partial charge in [0.25, 0.3) is 0 Å². The van der Waals surface area contributed by atoms with Crippen LogP contribution >= 0.6 is 0 Å². The van der Waals surface area contributed by atoms with Gasteiger partial charge >= 0.3 is 0 Å². The lowest BCUT2D eigenvalue weighted by Crippen LogP contribution is -2.22. The molecule has 2 rings (SSSR count). The molecule has 7 nitrogen and oxygen atoms in total. The minimum Gasteiger partial charge on any atom is -0.395 e. The molecule has 1 heterocycles. The quantitative estimate of drug-likeness (QED) is 0.789. The van der Waals surface area contributed by atoms with Crippen molar-refractivity contribution in [2.24, 2.45) is 0 Å². The molecule has 18 heavy (non-hydrogen) atoms. The van der Waals surface area contributed by atoms with Crippen LogP contribution in [0.1, 0.15) is 6.92 Å². The van der Waals surface area contributed by atoms with E-state index in [1.165, 1.54) is 31.1 Å².